The van der Waals surface area contributed by atoms with Gasteiger partial charge in [-0.3, -0.25) is 14.5 Å². The smallest absolute Gasteiger partial charge is 0.253 e. The highest BCUT2D eigenvalue weighted by Crippen LogP contribution is 2.33. The van der Waals surface area contributed by atoms with Crippen LogP contribution in [0.15, 0.2) is 36.4 Å². The third-order valence-electron chi connectivity index (χ3n) is 7.18. The molecule has 2 aromatic rings. The van der Waals surface area contributed by atoms with E-state index in [1.54, 1.807) is 18.2 Å². The Morgan fingerprint density at radius 3 is 2.43 bits per heavy atom. The SMILES string of the molecule is O=C(NCc1ccc2c(c1)OCO2)C(C1CCCC1)N1CCN(C(=O)c2ccc(Cl)c(Cl)c2)CC1. The van der Waals surface area contributed by atoms with Gasteiger partial charge in [0.1, 0.15) is 0 Å². The highest BCUT2D eigenvalue weighted by Gasteiger charge is 2.37. The average Bonchev–Trinajstić information content (AvgIpc) is 3.57. The molecule has 1 aliphatic carbocycles. The van der Waals surface area contributed by atoms with Crippen LogP contribution in [0.1, 0.15) is 41.6 Å². The van der Waals surface area contributed by atoms with E-state index in [2.05, 4.69) is 10.2 Å². The van der Waals surface area contributed by atoms with Crippen molar-refractivity contribution in [1.29, 1.82) is 0 Å². The summed E-state index contributed by atoms with van der Waals surface area (Å²) in [6, 6.07) is 10.5. The lowest BCUT2D eigenvalue weighted by molar-refractivity contribution is -0.129. The maximum atomic E-state index is 13.4. The molecule has 0 radical (unpaired) electrons. The van der Waals surface area contributed by atoms with Crippen LogP contribution in [0, 0.1) is 5.92 Å². The molecule has 0 bridgehead atoms. The van der Waals surface area contributed by atoms with Gasteiger partial charge >= 0.3 is 0 Å². The first kappa shape index (κ1) is 24.2. The van der Waals surface area contributed by atoms with Crippen LogP contribution < -0.4 is 14.8 Å². The number of benzene rings is 2. The van der Waals surface area contributed by atoms with Crippen molar-refractivity contribution in [3.05, 3.63) is 57.6 Å². The Balaban J connectivity index is 1.22. The summed E-state index contributed by atoms with van der Waals surface area (Å²) >= 11 is 12.1. The lowest BCUT2D eigenvalue weighted by atomic mass is 9.94. The number of carbonyl (C=O) groups excluding carboxylic acids is 2. The van der Waals surface area contributed by atoms with Gasteiger partial charge in [0.15, 0.2) is 11.5 Å². The molecular formula is C26H29Cl2N3O4. The van der Waals surface area contributed by atoms with Crippen molar-refractivity contribution in [3.8, 4) is 11.5 Å². The zero-order valence-corrected chi connectivity index (χ0v) is 21.0. The van der Waals surface area contributed by atoms with E-state index < -0.39 is 0 Å². The number of fused-ring (bicyclic) bond motifs is 1. The number of hydrogen-bond donors (Lipinski definition) is 1. The second-order valence-corrected chi connectivity index (χ2v) is 10.2. The van der Waals surface area contributed by atoms with Gasteiger partial charge in [-0.05, 0) is 54.7 Å². The highest BCUT2D eigenvalue weighted by molar-refractivity contribution is 6.42. The van der Waals surface area contributed by atoms with Crippen LogP contribution in [0.3, 0.4) is 0 Å². The number of nitrogens with zero attached hydrogens (tertiary/aromatic N) is 2. The van der Waals surface area contributed by atoms with E-state index in [1.807, 2.05) is 23.1 Å². The van der Waals surface area contributed by atoms with Crippen LogP contribution in [-0.2, 0) is 11.3 Å². The van der Waals surface area contributed by atoms with Crippen molar-refractivity contribution in [2.75, 3.05) is 33.0 Å². The van der Waals surface area contributed by atoms with Crippen molar-refractivity contribution in [2.24, 2.45) is 5.92 Å². The van der Waals surface area contributed by atoms with E-state index in [-0.39, 0.29) is 24.6 Å². The van der Waals surface area contributed by atoms with E-state index in [1.165, 1.54) is 0 Å². The standard InChI is InChI=1S/C26H29Cl2N3O4/c27-20-7-6-19(14-21(20)28)26(33)31-11-9-30(10-12-31)24(18-3-1-2-4-18)25(32)29-15-17-5-8-22-23(13-17)35-16-34-22/h5-8,13-14,18,24H,1-4,9-12,15-16H2,(H,29,32). The van der Waals surface area contributed by atoms with Crippen molar-refractivity contribution < 1.29 is 19.1 Å². The van der Waals surface area contributed by atoms with Gasteiger partial charge in [0.05, 0.1) is 16.1 Å². The molecule has 9 heteroatoms. The molecule has 0 aromatic heterocycles. The summed E-state index contributed by atoms with van der Waals surface area (Å²) < 4.78 is 10.8. The number of halogens is 2. The third-order valence-corrected chi connectivity index (χ3v) is 7.92. The summed E-state index contributed by atoms with van der Waals surface area (Å²) in [6.07, 6.45) is 4.44. The molecule has 2 aliphatic heterocycles. The molecule has 2 aromatic carbocycles. The summed E-state index contributed by atoms with van der Waals surface area (Å²) in [7, 11) is 0. The summed E-state index contributed by atoms with van der Waals surface area (Å²) in [5, 5.41) is 3.95. The first-order valence-corrected chi connectivity index (χ1v) is 12.9. The Morgan fingerprint density at radius 1 is 0.943 bits per heavy atom. The zero-order chi connectivity index (χ0) is 24.4. The van der Waals surface area contributed by atoms with Gasteiger partial charge in [-0.25, -0.2) is 0 Å². The van der Waals surface area contributed by atoms with E-state index in [9.17, 15) is 9.59 Å². The minimum atomic E-state index is -0.186. The van der Waals surface area contributed by atoms with Gasteiger partial charge in [-0.1, -0.05) is 42.1 Å². The molecular weight excluding hydrogens is 489 g/mol. The zero-order valence-electron chi connectivity index (χ0n) is 19.5. The fourth-order valence-corrected chi connectivity index (χ4v) is 5.61. The van der Waals surface area contributed by atoms with Crippen molar-refractivity contribution in [3.63, 3.8) is 0 Å². The second kappa shape index (κ2) is 10.6. The van der Waals surface area contributed by atoms with E-state index in [0.717, 1.165) is 37.0 Å². The van der Waals surface area contributed by atoms with Gasteiger partial charge in [-0.15, -0.1) is 0 Å². The van der Waals surface area contributed by atoms with E-state index >= 15 is 0 Å². The van der Waals surface area contributed by atoms with Crippen LogP contribution in [-0.4, -0.2) is 60.6 Å². The molecule has 35 heavy (non-hydrogen) atoms. The molecule has 1 unspecified atom stereocenters. The fourth-order valence-electron chi connectivity index (χ4n) is 5.31. The topological polar surface area (TPSA) is 71.1 Å². The molecule has 1 N–H and O–H groups in total. The monoisotopic (exact) mass is 517 g/mol. The number of rotatable bonds is 6. The van der Waals surface area contributed by atoms with Crippen LogP contribution in [0.5, 0.6) is 11.5 Å². The summed E-state index contributed by atoms with van der Waals surface area (Å²) in [5.41, 5.74) is 1.51. The van der Waals surface area contributed by atoms with Crippen LogP contribution in [0.25, 0.3) is 0 Å². The van der Waals surface area contributed by atoms with Gasteiger partial charge in [0.25, 0.3) is 5.91 Å². The molecule has 186 valence electrons. The minimum Gasteiger partial charge on any atom is -0.454 e. The normalized spacial score (nSPS) is 19.1. The second-order valence-electron chi connectivity index (χ2n) is 9.35. The number of carbonyl (C=O) groups is 2. The molecule has 2 amide bonds. The maximum absolute atomic E-state index is 13.4. The number of ether oxygens (including phenoxy) is 2. The first-order valence-electron chi connectivity index (χ1n) is 12.1. The van der Waals surface area contributed by atoms with Crippen LogP contribution in [0.4, 0.5) is 0 Å². The van der Waals surface area contributed by atoms with Crippen LogP contribution in [0.2, 0.25) is 10.0 Å². The molecule has 2 fully saturated rings. The molecule has 5 rings (SSSR count). The Bertz CT molecular complexity index is 1100. The van der Waals surface area contributed by atoms with Crippen molar-refractivity contribution in [1.82, 2.24) is 15.1 Å². The van der Waals surface area contributed by atoms with Gasteiger partial charge in [-0.2, -0.15) is 0 Å². The molecule has 1 saturated heterocycles. The predicted octanol–water partition coefficient (Wildman–Crippen LogP) is 4.36. The average molecular weight is 518 g/mol. The van der Waals surface area contributed by atoms with E-state index in [4.69, 9.17) is 32.7 Å². The number of nitrogens with one attached hydrogen (secondary N) is 1. The molecule has 1 atom stereocenters. The lowest BCUT2D eigenvalue weighted by Gasteiger charge is -2.40. The van der Waals surface area contributed by atoms with Gasteiger partial charge < -0.3 is 19.7 Å². The number of amides is 2. The Hall–Kier alpha value is -2.48. The summed E-state index contributed by atoms with van der Waals surface area (Å²) in [6.45, 7) is 3.12. The molecule has 2 heterocycles. The highest BCUT2D eigenvalue weighted by atomic mass is 35.5. The number of piperazine rings is 1. The molecule has 0 spiro atoms. The van der Waals surface area contributed by atoms with Gasteiger partial charge in [0.2, 0.25) is 12.7 Å². The fraction of sp³-hybridized carbons (Fsp3) is 0.462. The largest absolute Gasteiger partial charge is 0.454 e. The summed E-state index contributed by atoms with van der Waals surface area (Å²) in [5.74, 6) is 1.78. The minimum absolute atomic E-state index is 0.0545. The Kier molecular flexibility index (Phi) is 7.37. The van der Waals surface area contributed by atoms with Crippen LogP contribution >= 0.6 is 23.2 Å². The molecule has 1 saturated carbocycles. The third kappa shape index (κ3) is 5.37. The van der Waals surface area contributed by atoms with Crippen molar-refractivity contribution >= 4 is 35.0 Å². The van der Waals surface area contributed by atoms with Crippen molar-refractivity contribution in [2.45, 2.75) is 38.3 Å². The molecule has 7 nitrogen and oxygen atoms in total. The quantitative estimate of drug-likeness (QED) is 0.616. The first-order chi connectivity index (χ1) is 17.0. The molecule has 3 aliphatic rings. The lowest BCUT2D eigenvalue weighted by Crippen LogP contribution is -2.57. The Morgan fingerprint density at radius 2 is 1.69 bits per heavy atom. The van der Waals surface area contributed by atoms with E-state index in [0.29, 0.717) is 60.0 Å². The Labute approximate surface area is 215 Å². The summed E-state index contributed by atoms with van der Waals surface area (Å²) in [4.78, 5) is 30.5. The predicted molar refractivity (Wildman–Crippen MR) is 134 cm³/mol. The maximum Gasteiger partial charge on any atom is 0.253 e. The number of hydrogen-bond acceptors (Lipinski definition) is 5. The van der Waals surface area contributed by atoms with Gasteiger partial charge in [0, 0.05) is 38.3 Å².